The molecule has 86 valence electrons. The van der Waals surface area contributed by atoms with Gasteiger partial charge in [0.15, 0.2) is 6.29 Å². The summed E-state index contributed by atoms with van der Waals surface area (Å²) in [6.07, 6.45) is 0.893. The standard InChI is InChI=1S/C13H11BrN2O/c1-15-8(7-17)6-10-9-4-3-5-11(14)12(9)16(2)13(10)15/h3-7H,1-2H3. The third-order valence-corrected chi connectivity index (χ3v) is 3.93. The molecule has 2 heterocycles. The van der Waals surface area contributed by atoms with Crippen LogP contribution >= 0.6 is 15.9 Å². The van der Waals surface area contributed by atoms with E-state index in [1.807, 2.05) is 36.9 Å². The molecule has 0 fully saturated rings. The number of hydrogen-bond acceptors (Lipinski definition) is 1. The highest BCUT2D eigenvalue weighted by Crippen LogP contribution is 2.33. The van der Waals surface area contributed by atoms with Gasteiger partial charge in [-0.05, 0) is 28.1 Å². The minimum atomic E-state index is 0.701. The molecule has 4 heteroatoms. The van der Waals surface area contributed by atoms with Crippen LogP contribution in [0.3, 0.4) is 0 Å². The van der Waals surface area contributed by atoms with Gasteiger partial charge in [-0.2, -0.15) is 0 Å². The lowest BCUT2D eigenvalue weighted by atomic mass is 10.2. The third-order valence-electron chi connectivity index (χ3n) is 3.29. The van der Waals surface area contributed by atoms with Crippen LogP contribution in [0.5, 0.6) is 0 Å². The van der Waals surface area contributed by atoms with E-state index in [9.17, 15) is 4.79 Å². The number of halogens is 1. The SMILES string of the molecule is Cn1c(C=O)cc2c3cccc(Br)c3n(C)c21. The molecule has 0 N–H and O–H groups in total. The fourth-order valence-electron chi connectivity index (χ4n) is 2.51. The molecule has 0 amide bonds. The smallest absolute Gasteiger partial charge is 0.166 e. The van der Waals surface area contributed by atoms with E-state index >= 15 is 0 Å². The highest BCUT2D eigenvalue weighted by Gasteiger charge is 2.15. The monoisotopic (exact) mass is 290 g/mol. The van der Waals surface area contributed by atoms with Crippen molar-refractivity contribution < 1.29 is 4.79 Å². The van der Waals surface area contributed by atoms with Crippen molar-refractivity contribution >= 4 is 44.2 Å². The van der Waals surface area contributed by atoms with E-state index < -0.39 is 0 Å². The lowest BCUT2D eigenvalue weighted by Gasteiger charge is -2.03. The first kappa shape index (κ1) is 10.6. The Bertz CT molecular complexity index is 752. The Morgan fingerprint density at radius 3 is 2.65 bits per heavy atom. The Balaban J connectivity index is 2.63. The lowest BCUT2D eigenvalue weighted by Crippen LogP contribution is -1.99. The summed E-state index contributed by atoms with van der Waals surface area (Å²) < 4.78 is 5.11. The number of carbonyl (C=O) groups is 1. The number of hydrogen-bond donors (Lipinski definition) is 0. The zero-order valence-electron chi connectivity index (χ0n) is 9.57. The van der Waals surface area contributed by atoms with Crippen LogP contribution in [-0.2, 0) is 14.1 Å². The topological polar surface area (TPSA) is 26.9 Å². The summed E-state index contributed by atoms with van der Waals surface area (Å²) in [5.74, 6) is 0. The lowest BCUT2D eigenvalue weighted by molar-refractivity contribution is 0.111. The van der Waals surface area contributed by atoms with Crippen LogP contribution in [-0.4, -0.2) is 15.4 Å². The maximum absolute atomic E-state index is 11.0. The summed E-state index contributed by atoms with van der Waals surface area (Å²) in [7, 11) is 3.93. The van der Waals surface area contributed by atoms with Gasteiger partial charge in [-0.15, -0.1) is 0 Å². The number of benzene rings is 1. The zero-order chi connectivity index (χ0) is 12.2. The minimum Gasteiger partial charge on any atom is -0.329 e. The fraction of sp³-hybridized carbons (Fsp3) is 0.154. The highest BCUT2D eigenvalue weighted by molar-refractivity contribution is 9.10. The fourth-order valence-corrected chi connectivity index (χ4v) is 3.14. The van der Waals surface area contributed by atoms with Gasteiger partial charge < -0.3 is 9.13 Å². The molecule has 3 rings (SSSR count). The van der Waals surface area contributed by atoms with E-state index in [4.69, 9.17) is 0 Å². The molecule has 0 aliphatic heterocycles. The molecule has 0 aliphatic carbocycles. The second-order valence-electron chi connectivity index (χ2n) is 4.18. The van der Waals surface area contributed by atoms with Crippen molar-refractivity contribution in [2.24, 2.45) is 14.1 Å². The molecule has 17 heavy (non-hydrogen) atoms. The second-order valence-corrected chi connectivity index (χ2v) is 5.03. The predicted molar refractivity (Wildman–Crippen MR) is 72.5 cm³/mol. The Kier molecular flexibility index (Phi) is 2.16. The number of rotatable bonds is 1. The molecular formula is C13H11BrN2O. The first-order valence-electron chi connectivity index (χ1n) is 5.32. The largest absolute Gasteiger partial charge is 0.329 e. The summed E-state index contributed by atoms with van der Waals surface area (Å²) in [5, 5.41) is 2.29. The number of fused-ring (bicyclic) bond motifs is 3. The van der Waals surface area contributed by atoms with E-state index in [0.29, 0.717) is 5.69 Å². The summed E-state index contributed by atoms with van der Waals surface area (Å²) in [6.45, 7) is 0. The quantitative estimate of drug-likeness (QED) is 0.632. The third kappa shape index (κ3) is 1.24. The summed E-state index contributed by atoms with van der Waals surface area (Å²) in [6, 6.07) is 8.06. The van der Waals surface area contributed by atoms with Gasteiger partial charge >= 0.3 is 0 Å². The van der Waals surface area contributed by atoms with Gasteiger partial charge in [-0.25, -0.2) is 0 Å². The highest BCUT2D eigenvalue weighted by atomic mass is 79.9. The van der Waals surface area contributed by atoms with Crippen LogP contribution in [0.25, 0.3) is 21.9 Å². The maximum Gasteiger partial charge on any atom is 0.166 e. The van der Waals surface area contributed by atoms with Crippen LogP contribution in [0, 0.1) is 0 Å². The second kappa shape index (κ2) is 3.47. The number of carbonyl (C=O) groups excluding carboxylic acids is 1. The minimum absolute atomic E-state index is 0.701. The van der Waals surface area contributed by atoms with Crippen LogP contribution in [0.1, 0.15) is 10.5 Å². The maximum atomic E-state index is 11.0. The van der Waals surface area contributed by atoms with Gasteiger partial charge in [0.2, 0.25) is 0 Å². The van der Waals surface area contributed by atoms with Crippen molar-refractivity contribution in [1.82, 2.24) is 9.13 Å². The van der Waals surface area contributed by atoms with Crippen LogP contribution in [0.2, 0.25) is 0 Å². The summed E-state index contributed by atoms with van der Waals surface area (Å²) in [4.78, 5) is 11.0. The predicted octanol–water partition coefficient (Wildman–Crippen LogP) is 3.25. The van der Waals surface area contributed by atoms with Crippen molar-refractivity contribution in [3.05, 3.63) is 34.4 Å². The first-order valence-corrected chi connectivity index (χ1v) is 6.12. The van der Waals surface area contributed by atoms with Crippen LogP contribution in [0.4, 0.5) is 0 Å². The Morgan fingerprint density at radius 2 is 1.94 bits per heavy atom. The molecule has 2 aromatic heterocycles. The van der Waals surface area contributed by atoms with Crippen molar-refractivity contribution in [2.45, 2.75) is 0 Å². The molecular weight excluding hydrogens is 280 g/mol. The van der Waals surface area contributed by atoms with Crippen LogP contribution < -0.4 is 0 Å². The molecule has 0 spiro atoms. The van der Waals surface area contributed by atoms with E-state index in [1.165, 1.54) is 5.39 Å². The van der Waals surface area contributed by atoms with Crippen molar-refractivity contribution in [3.63, 3.8) is 0 Å². The number of aromatic nitrogens is 2. The number of para-hydroxylation sites is 1. The summed E-state index contributed by atoms with van der Waals surface area (Å²) >= 11 is 3.57. The van der Waals surface area contributed by atoms with E-state index in [1.54, 1.807) is 0 Å². The van der Waals surface area contributed by atoms with E-state index in [2.05, 4.69) is 26.6 Å². The Hall–Kier alpha value is -1.55. The van der Waals surface area contributed by atoms with E-state index in [-0.39, 0.29) is 0 Å². The molecule has 0 saturated heterocycles. The Morgan fingerprint density at radius 1 is 1.18 bits per heavy atom. The Labute approximate surface area is 107 Å². The average molecular weight is 291 g/mol. The molecule has 0 saturated carbocycles. The van der Waals surface area contributed by atoms with Gasteiger partial charge in [0.25, 0.3) is 0 Å². The van der Waals surface area contributed by atoms with E-state index in [0.717, 1.165) is 27.3 Å². The normalized spacial score (nSPS) is 11.5. The molecule has 0 bridgehead atoms. The molecule has 0 unspecified atom stereocenters. The molecule has 0 atom stereocenters. The molecule has 0 radical (unpaired) electrons. The number of aryl methyl sites for hydroxylation is 2. The van der Waals surface area contributed by atoms with Gasteiger partial charge in [-0.3, -0.25) is 4.79 Å². The van der Waals surface area contributed by atoms with Gasteiger partial charge in [0.1, 0.15) is 5.65 Å². The van der Waals surface area contributed by atoms with Crippen molar-refractivity contribution in [3.8, 4) is 0 Å². The molecule has 3 aromatic rings. The van der Waals surface area contributed by atoms with Crippen molar-refractivity contribution in [1.29, 1.82) is 0 Å². The average Bonchev–Trinajstić information content (AvgIpc) is 2.78. The van der Waals surface area contributed by atoms with Gasteiger partial charge in [0.05, 0.1) is 11.2 Å². The number of aldehydes is 1. The van der Waals surface area contributed by atoms with Crippen LogP contribution in [0.15, 0.2) is 28.7 Å². The zero-order valence-corrected chi connectivity index (χ0v) is 11.2. The van der Waals surface area contributed by atoms with Crippen molar-refractivity contribution in [2.75, 3.05) is 0 Å². The van der Waals surface area contributed by atoms with Gasteiger partial charge in [-0.1, -0.05) is 12.1 Å². The first-order chi connectivity index (χ1) is 8.15. The molecule has 0 aliphatic rings. The number of nitrogens with zero attached hydrogens (tertiary/aromatic N) is 2. The summed E-state index contributed by atoms with van der Waals surface area (Å²) in [5.41, 5.74) is 2.92. The molecule has 1 aromatic carbocycles. The van der Waals surface area contributed by atoms with Gasteiger partial charge in [0, 0.05) is 29.3 Å². The molecule has 3 nitrogen and oxygen atoms in total.